The molecular weight excluding hydrogens is 1050 g/mol. The van der Waals surface area contributed by atoms with E-state index in [2.05, 4.69) is 294 Å². The number of benzene rings is 11. The maximum absolute atomic E-state index is 2.63. The van der Waals surface area contributed by atoms with Crippen LogP contribution in [0.5, 0.6) is 0 Å². The molecule has 0 fully saturated rings. The van der Waals surface area contributed by atoms with Crippen molar-refractivity contribution >= 4 is 169 Å². The van der Waals surface area contributed by atoms with Crippen LogP contribution in [0.25, 0.3) is 152 Å². The third kappa shape index (κ3) is 6.15. The third-order valence-corrected chi connectivity index (χ3v) is 20.6. The lowest BCUT2D eigenvalue weighted by Gasteiger charge is -2.27. The van der Waals surface area contributed by atoms with E-state index < -0.39 is 0 Å². The number of hydrogen-bond acceptors (Lipinski definition) is 1. The smallest absolute Gasteiger partial charge is 0.0641 e. The summed E-state index contributed by atoms with van der Waals surface area (Å²) in [5.74, 6) is 0. The molecule has 8 heterocycles. The van der Waals surface area contributed by atoms with E-state index in [-0.39, 0.29) is 21.7 Å². The van der Waals surface area contributed by atoms with Crippen LogP contribution in [0.2, 0.25) is 0 Å². The predicted octanol–water partition coefficient (Wildman–Crippen LogP) is 22.9. The molecule has 5 heteroatoms. The molecule has 0 amide bonds. The first-order valence-electron chi connectivity index (χ1n) is 31.3. The van der Waals surface area contributed by atoms with Crippen molar-refractivity contribution in [3.8, 4) is 0 Å². The van der Waals surface area contributed by atoms with Crippen LogP contribution in [0.15, 0.2) is 188 Å². The maximum atomic E-state index is 2.63. The van der Waals surface area contributed by atoms with Crippen LogP contribution >= 0.6 is 0 Å². The molecular formula is C82H67N5. The van der Waals surface area contributed by atoms with Crippen LogP contribution < -0.4 is 4.90 Å². The Bertz CT molecular complexity index is 5840. The molecule has 0 aliphatic carbocycles. The molecule has 0 aliphatic rings. The van der Waals surface area contributed by atoms with E-state index in [1.807, 2.05) is 0 Å². The highest BCUT2D eigenvalue weighted by Crippen LogP contribution is 2.56. The molecule has 0 aliphatic heterocycles. The van der Waals surface area contributed by atoms with Crippen LogP contribution in [0.4, 0.5) is 17.1 Å². The Morgan fingerprint density at radius 2 is 0.552 bits per heavy atom. The summed E-state index contributed by atoms with van der Waals surface area (Å²) in [4.78, 5) is 2.60. The van der Waals surface area contributed by atoms with Gasteiger partial charge in [-0.2, -0.15) is 0 Å². The first-order valence-corrected chi connectivity index (χ1v) is 31.3. The lowest BCUT2D eigenvalue weighted by molar-refractivity contribution is 0.591. The van der Waals surface area contributed by atoms with Gasteiger partial charge in [-0.05, 0) is 141 Å². The molecule has 11 aromatic carbocycles. The average Bonchev–Trinajstić information content (AvgIpc) is 1.52. The fourth-order valence-corrected chi connectivity index (χ4v) is 16.4. The second-order valence-electron chi connectivity index (χ2n) is 29.8. The Morgan fingerprint density at radius 1 is 0.230 bits per heavy atom. The summed E-state index contributed by atoms with van der Waals surface area (Å²) in [6, 6.07) is 73.5. The molecule has 5 nitrogen and oxygen atoms in total. The molecule has 0 unspecified atom stereocenters. The summed E-state index contributed by atoms with van der Waals surface area (Å²) in [5, 5.41) is 20.8. The number of aromatic nitrogens is 4. The molecule has 0 bridgehead atoms. The van der Waals surface area contributed by atoms with Crippen molar-refractivity contribution in [1.29, 1.82) is 0 Å². The first-order chi connectivity index (χ1) is 41.7. The standard InChI is InChI=1S/C82H67N5/c1-79(2,3)44-26-32-61-53(38-44)55-42-67-69(73-57-40-46(81(7,8)9)28-34-63(57)84(61)77(55)73)51-30-36-65(71-49-22-16-18-24-59(49)86(67)75(51)71)83(48-20-14-13-15-21-48)66-37-31-52-70-68(87-60-25-19-17-23-50(60)72(66)76(52)87)43-56-54-39-45(80(4,5)6)27-33-62(54)85-64-35-29-47(82(10,11)12)41-58(64)74(70)78(56)85/h13-43H,1-12H3. The Kier molecular flexibility index (Phi) is 9.07. The zero-order chi connectivity index (χ0) is 59.0. The summed E-state index contributed by atoms with van der Waals surface area (Å²) in [7, 11) is 0. The summed E-state index contributed by atoms with van der Waals surface area (Å²) < 4.78 is 10.4. The van der Waals surface area contributed by atoms with Crippen molar-refractivity contribution in [2.75, 3.05) is 4.90 Å². The molecule has 0 saturated carbocycles. The van der Waals surface area contributed by atoms with Crippen molar-refractivity contribution in [2.24, 2.45) is 0 Å². The first kappa shape index (κ1) is 49.7. The minimum Gasteiger partial charge on any atom is -0.309 e. The molecule has 0 saturated heterocycles. The third-order valence-electron chi connectivity index (χ3n) is 20.6. The second kappa shape index (κ2) is 15.9. The average molecular weight is 1120 g/mol. The van der Waals surface area contributed by atoms with E-state index in [0.717, 1.165) is 17.1 Å². The van der Waals surface area contributed by atoms with Crippen molar-refractivity contribution in [3.63, 3.8) is 0 Å². The van der Waals surface area contributed by atoms with Gasteiger partial charge < -0.3 is 22.5 Å². The van der Waals surface area contributed by atoms with E-state index in [4.69, 9.17) is 0 Å². The SMILES string of the molecule is CC(C)(C)c1ccc2c(c1)c1cc3c(c4ccc(N(c5ccccc5)c5ccc6c7c8c9cc(C(C)(C)C)ccc9n9c%10ccc(C(C)(C)C)cc%10c(cc7n7c%10ccccc%10c5c67)c89)c5c6ccccc6n3c45)c3c4cc(C(C)(C)C)ccc4n2c13. The van der Waals surface area contributed by atoms with Crippen molar-refractivity contribution in [1.82, 2.24) is 17.6 Å². The summed E-state index contributed by atoms with van der Waals surface area (Å²) in [6.07, 6.45) is 0. The molecule has 0 N–H and O–H groups in total. The van der Waals surface area contributed by atoms with Gasteiger partial charge in [0, 0.05) is 91.9 Å². The molecule has 0 radical (unpaired) electrons. The molecule has 19 aromatic rings. The van der Waals surface area contributed by atoms with Crippen LogP contribution in [-0.4, -0.2) is 17.6 Å². The highest BCUT2D eigenvalue weighted by molar-refractivity contribution is 6.41. The molecule has 87 heavy (non-hydrogen) atoms. The Labute approximate surface area is 504 Å². The van der Waals surface area contributed by atoms with Crippen LogP contribution in [0, 0.1) is 0 Å². The minimum absolute atomic E-state index is 0.000722. The topological polar surface area (TPSA) is 20.9 Å². The van der Waals surface area contributed by atoms with Crippen LogP contribution in [-0.2, 0) is 21.7 Å². The number of rotatable bonds is 3. The Balaban J connectivity index is 0.953. The normalized spacial score (nSPS) is 13.7. The van der Waals surface area contributed by atoms with E-state index in [1.54, 1.807) is 0 Å². The van der Waals surface area contributed by atoms with Gasteiger partial charge in [-0.15, -0.1) is 0 Å². The fraction of sp³-hybridized carbons (Fsp3) is 0.195. The van der Waals surface area contributed by atoms with Gasteiger partial charge in [-0.3, -0.25) is 0 Å². The number of para-hydroxylation sites is 3. The highest BCUT2D eigenvalue weighted by Gasteiger charge is 2.33. The van der Waals surface area contributed by atoms with Gasteiger partial charge in [-0.25, -0.2) is 0 Å². The minimum atomic E-state index is -0.0227. The molecule has 0 spiro atoms. The lowest BCUT2D eigenvalue weighted by Crippen LogP contribution is -2.10. The monoisotopic (exact) mass is 1120 g/mol. The van der Waals surface area contributed by atoms with Gasteiger partial charge in [0.15, 0.2) is 0 Å². The summed E-state index contributed by atoms with van der Waals surface area (Å²) >= 11 is 0. The lowest BCUT2D eigenvalue weighted by atomic mass is 9.85. The van der Waals surface area contributed by atoms with Gasteiger partial charge in [0.25, 0.3) is 0 Å². The van der Waals surface area contributed by atoms with E-state index in [1.165, 1.54) is 175 Å². The zero-order valence-corrected chi connectivity index (χ0v) is 51.6. The van der Waals surface area contributed by atoms with Crippen LogP contribution in [0.1, 0.15) is 105 Å². The fourth-order valence-electron chi connectivity index (χ4n) is 16.4. The summed E-state index contributed by atoms with van der Waals surface area (Å²) in [5.41, 5.74) is 23.9. The van der Waals surface area contributed by atoms with Gasteiger partial charge in [0.1, 0.15) is 0 Å². The molecule has 420 valence electrons. The van der Waals surface area contributed by atoms with Gasteiger partial charge >= 0.3 is 0 Å². The van der Waals surface area contributed by atoms with Crippen molar-refractivity contribution in [3.05, 3.63) is 210 Å². The van der Waals surface area contributed by atoms with E-state index >= 15 is 0 Å². The number of nitrogens with zero attached hydrogens (tertiary/aromatic N) is 5. The second-order valence-corrected chi connectivity index (χ2v) is 29.8. The number of anilines is 3. The van der Waals surface area contributed by atoms with E-state index in [0.29, 0.717) is 0 Å². The van der Waals surface area contributed by atoms with Gasteiger partial charge in [0.2, 0.25) is 0 Å². The molecule has 19 rings (SSSR count). The molecule has 8 aromatic heterocycles. The highest BCUT2D eigenvalue weighted by atomic mass is 15.2. The largest absolute Gasteiger partial charge is 0.309 e. The summed E-state index contributed by atoms with van der Waals surface area (Å²) in [6.45, 7) is 28.1. The quantitative estimate of drug-likeness (QED) is 0.173. The van der Waals surface area contributed by atoms with E-state index in [9.17, 15) is 0 Å². The Morgan fingerprint density at radius 3 is 0.943 bits per heavy atom. The van der Waals surface area contributed by atoms with Crippen molar-refractivity contribution < 1.29 is 0 Å². The van der Waals surface area contributed by atoms with Gasteiger partial charge in [0.05, 0.1) is 77.6 Å². The maximum Gasteiger partial charge on any atom is 0.0641 e. The van der Waals surface area contributed by atoms with Crippen LogP contribution in [0.3, 0.4) is 0 Å². The molecule has 0 atom stereocenters. The Hall–Kier alpha value is -9.58. The number of fused-ring (bicyclic) bond motifs is 26. The predicted molar refractivity (Wildman–Crippen MR) is 375 cm³/mol. The number of hydrogen-bond donors (Lipinski definition) is 0. The van der Waals surface area contributed by atoms with Gasteiger partial charge in [-0.1, -0.05) is 174 Å². The zero-order valence-electron chi connectivity index (χ0n) is 51.6. The van der Waals surface area contributed by atoms with Crippen molar-refractivity contribution in [2.45, 2.75) is 105 Å².